The van der Waals surface area contributed by atoms with Crippen LogP contribution in [-0.2, 0) is 4.74 Å². The first-order valence-electron chi connectivity index (χ1n) is 4.42. The Balaban J connectivity index is 3.61. The van der Waals surface area contributed by atoms with Crippen LogP contribution in [0.4, 0.5) is 0 Å². The third-order valence-corrected chi connectivity index (χ3v) is 2.09. The zero-order valence-electron chi connectivity index (χ0n) is 8.18. The normalized spacial score (nSPS) is 16.4. The largest absolute Gasteiger partial charge is 0.384 e. The highest BCUT2D eigenvalue weighted by atomic mass is 16.5. The van der Waals surface area contributed by atoms with Crippen molar-refractivity contribution in [3.63, 3.8) is 0 Å². The molecule has 2 nitrogen and oxygen atoms in total. The summed E-state index contributed by atoms with van der Waals surface area (Å²) in [7, 11) is 3.78. The second-order valence-corrected chi connectivity index (χ2v) is 3.12. The lowest BCUT2D eigenvalue weighted by Crippen LogP contribution is -2.34. The van der Waals surface area contributed by atoms with Crippen LogP contribution in [-0.4, -0.2) is 26.8 Å². The Labute approximate surface area is 70.3 Å². The fourth-order valence-corrected chi connectivity index (χ4v) is 1.40. The van der Waals surface area contributed by atoms with Crippen LogP contribution in [0.1, 0.15) is 26.7 Å². The molecule has 0 heterocycles. The van der Waals surface area contributed by atoms with Gasteiger partial charge in [0, 0.05) is 13.2 Å². The van der Waals surface area contributed by atoms with Gasteiger partial charge in [-0.1, -0.05) is 20.3 Å². The summed E-state index contributed by atoms with van der Waals surface area (Å²) in [5, 5.41) is 3.31. The van der Waals surface area contributed by atoms with Gasteiger partial charge in [0.2, 0.25) is 0 Å². The zero-order chi connectivity index (χ0) is 8.69. The molecule has 0 aliphatic heterocycles. The minimum absolute atomic E-state index is 0.611. The van der Waals surface area contributed by atoms with Crippen LogP contribution in [0.15, 0.2) is 0 Å². The lowest BCUT2D eigenvalue weighted by atomic mass is 9.99. The lowest BCUT2D eigenvalue weighted by Gasteiger charge is -2.22. The molecule has 0 saturated heterocycles. The number of ether oxygens (including phenoxy) is 1. The molecule has 0 aromatic carbocycles. The number of hydrogen-bond donors (Lipinski definition) is 1. The van der Waals surface area contributed by atoms with Gasteiger partial charge in [0.05, 0.1) is 6.61 Å². The van der Waals surface area contributed by atoms with Crippen LogP contribution < -0.4 is 5.32 Å². The van der Waals surface area contributed by atoms with Gasteiger partial charge in [-0.25, -0.2) is 0 Å². The lowest BCUT2D eigenvalue weighted by molar-refractivity contribution is 0.138. The average Bonchev–Trinajstić information content (AvgIpc) is 2.00. The van der Waals surface area contributed by atoms with E-state index < -0.39 is 0 Å². The van der Waals surface area contributed by atoms with Gasteiger partial charge in [0.1, 0.15) is 0 Å². The molecule has 0 bridgehead atoms. The van der Waals surface area contributed by atoms with Gasteiger partial charge in [0.25, 0.3) is 0 Å². The first-order chi connectivity index (χ1) is 5.26. The van der Waals surface area contributed by atoms with Crippen molar-refractivity contribution in [1.29, 1.82) is 0 Å². The van der Waals surface area contributed by atoms with E-state index in [1.54, 1.807) is 7.11 Å². The number of methoxy groups -OCH3 is 1. The predicted octanol–water partition coefficient (Wildman–Crippen LogP) is 1.66. The van der Waals surface area contributed by atoms with Gasteiger partial charge >= 0.3 is 0 Å². The van der Waals surface area contributed by atoms with Crippen LogP contribution in [0.5, 0.6) is 0 Å². The Morgan fingerprint density at radius 1 is 1.45 bits per heavy atom. The molecule has 0 saturated carbocycles. The summed E-state index contributed by atoms with van der Waals surface area (Å²) in [4.78, 5) is 0. The molecule has 1 N–H and O–H groups in total. The quantitative estimate of drug-likeness (QED) is 0.636. The molecule has 0 aliphatic carbocycles. The van der Waals surface area contributed by atoms with Crippen molar-refractivity contribution < 1.29 is 4.74 Å². The smallest absolute Gasteiger partial charge is 0.0502 e. The van der Waals surface area contributed by atoms with Gasteiger partial charge < -0.3 is 10.1 Å². The zero-order valence-corrected chi connectivity index (χ0v) is 8.18. The van der Waals surface area contributed by atoms with Crippen LogP contribution in [0.3, 0.4) is 0 Å². The van der Waals surface area contributed by atoms with Crippen molar-refractivity contribution in [2.24, 2.45) is 5.92 Å². The molecule has 0 aliphatic rings. The summed E-state index contributed by atoms with van der Waals surface area (Å²) in [6.07, 6.45) is 2.47. The first kappa shape index (κ1) is 10.9. The van der Waals surface area contributed by atoms with Crippen molar-refractivity contribution in [2.45, 2.75) is 32.7 Å². The van der Waals surface area contributed by atoms with E-state index in [2.05, 4.69) is 19.2 Å². The summed E-state index contributed by atoms with van der Waals surface area (Å²) in [6, 6.07) is 0.611. The van der Waals surface area contributed by atoms with Crippen molar-refractivity contribution in [2.75, 3.05) is 20.8 Å². The van der Waals surface area contributed by atoms with Crippen LogP contribution in [0, 0.1) is 5.92 Å². The maximum Gasteiger partial charge on any atom is 0.0502 e. The topological polar surface area (TPSA) is 21.3 Å². The molecule has 0 rings (SSSR count). The van der Waals surface area contributed by atoms with Crippen molar-refractivity contribution in [1.82, 2.24) is 5.32 Å². The van der Waals surface area contributed by atoms with E-state index in [1.807, 2.05) is 7.05 Å². The maximum atomic E-state index is 5.09. The second-order valence-electron chi connectivity index (χ2n) is 3.12. The summed E-state index contributed by atoms with van der Waals surface area (Å²) in [5.41, 5.74) is 0. The minimum Gasteiger partial charge on any atom is -0.384 e. The van der Waals surface area contributed by atoms with E-state index in [0.717, 1.165) is 6.61 Å². The van der Waals surface area contributed by atoms with Crippen molar-refractivity contribution in [3.05, 3.63) is 0 Å². The van der Waals surface area contributed by atoms with Gasteiger partial charge in [-0.3, -0.25) is 0 Å². The first-order valence-corrected chi connectivity index (χ1v) is 4.42. The van der Waals surface area contributed by atoms with Crippen LogP contribution in [0.25, 0.3) is 0 Å². The summed E-state index contributed by atoms with van der Waals surface area (Å²) >= 11 is 0. The van der Waals surface area contributed by atoms with Gasteiger partial charge in [-0.05, 0) is 19.4 Å². The minimum atomic E-state index is 0.611. The van der Waals surface area contributed by atoms with E-state index in [9.17, 15) is 0 Å². The van der Waals surface area contributed by atoms with Gasteiger partial charge in [-0.15, -0.1) is 0 Å². The Kier molecular flexibility index (Phi) is 6.57. The molecule has 0 aromatic heterocycles. The monoisotopic (exact) mass is 159 g/mol. The third-order valence-electron chi connectivity index (χ3n) is 2.09. The van der Waals surface area contributed by atoms with E-state index in [-0.39, 0.29) is 0 Å². The highest BCUT2D eigenvalue weighted by Gasteiger charge is 2.13. The summed E-state index contributed by atoms with van der Waals surface area (Å²) in [5.74, 6) is 0.616. The average molecular weight is 159 g/mol. The van der Waals surface area contributed by atoms with E-state index in [1.165, 1.54) is 12.8 Å². The van der Waals surface area contributed by atoms with Gasteiger partial charge in [0.15, 0.2) is 0 Å². The molecule has 0 aromatic rings. The SMILES string of the molecule is CCCC(NC)C(C)COC. The highest BCUT2D eigenvalue weighted by Crippen LogP contribution is 2.08. The molecule has 0 amide bonds. The van der Waals surface area contributed by atoms with E-state index in [4.69, 9.17) is 4.74 Å². The van der Waals surface area contributed by atoms with Gasteiger partial charge in [-0.2, -0.15) is 0 Å². The standard InChI is InChI=1S/C9H21NO/c1-5-6-9(10-3)8(2)7-11-4/h8-10H,5-7H2,1-4H3. The van der Waals surface area contributed by atoms with E-state index in [0.29, 0.717) is 12.0 Å². The molecule has 0 spiro atoms. The third kappa shape index (κ3) is 4.38. The molecule has 2 unspecified atom stereocenters. The molecular weight excluding hydrogens is 138 g/mol. The van der Waals surface area contributed by atoms with Crippen LogP contribution in [0.2, 0.25) is 0 Å². The molecule has 11 heavy (non-hydrogen) atoms. The number of hydrogen-bond acceptors (Lipinski definition) is 2. The predicted molar refractivity (Wildman–Crippen MR) is 48.8 cm³/mol. The number of rotatable bonds is 6. The molecule has 2 atom stereocenters. The second kappa shape index (κ2) is 6.62. The molecule has 2 heteroatoms. The fraction of sp³-hybridized carbons (Fsp3) is 1.00. The Bertz CT molecular complexity index is 85.6. The molecule has 0 fully saturated rings. The maximum absolute atomic E-state index is 5.09. The fourth-order valence-electron chi connectivity index (χ4n) is 1.40. The summed E-state index contributed by atoms with van der Waals surface area (Å²) in [6.45, 7) is 5.29. The molecule has 68 valence electrons. The van der Waals surface area contributed by atoms with E-state index >= 15 is 0 Å². The molecule has 0 radical (unpaired) electrons. The number of nitrogens with one attached hydrogen (secondary N) is 1. The highest BCUT2D eigenvalue weighted by molar-refractivity contribution is 4.70. The summed E-state index contributed by atoms with van der Waals surface area (Å²) < 4.78 is 5.09. The molecular formula is C9H21NO. The Morgan fingerprint density at radius 2 is 2.09 bits per heavy atom. The van der Waals surface area contributed by atoms with Crippen LogP contribution >= 0.6 is 0 Å². The van der Waals surface area contributed by atoms with Crippen molar-refractivity contribution >= 4 is 0 Å². The Hall–Kier alpha value is -0.0800. The van der Waals surface area contributed by atoms with Crippen molar-refractivity contribution in [3.8, 4) is 0 Å². The Morgan fingerprint density at radius 3 is 2.45 bits per heavy atom.